The van der Waals surface area contributed by atoms with Crippen molar-refractivity contribution in [1.29, 1.82) is 0 Å². The third kappa shape index (κ3) is 3.90. The van der Waals surface area contributed by atoms with Gasteiger partial charge in [-0.1, -0.05) is 6.07 Å². The second-order valence-electron chi connectivity index (χ2n) is 4.28. The molecule has 1 heterocycles. The van der Waals surface area contributed by atoms with Crippen molar-refractivity contribution in [3.63, 3.8) is 0 Å². The van der Waals surface area contributed by atoms with Crippen LogP contribution in [0, 0.1) is 0 Å². The highest BCUT2D eigenvalue weighted by Gasteiger charge is 2.20. The molecule has 1 atom stereocenters. The first-order chi connectivity index (χ1) is 10.1. The summed E-state index contributed by atoms with van der Waals surface area (Å²) < 4.78 is 10.6. The van der Waals surface area contributed by atoms with Gasteiger partial charge in [0.2, 0.25) is 0 Å². The Morgan fingerprint density at radius 1 is 1.48 bits per heavy atom. The van der Waals surface area contributed by atoms with Crippen molar-refractivity contribution >= 4 is 11.8 Å². The standard InChI is InChI=1S/C14H18N4O3/c1-2-20-14(19)18-12-11(6-7-17-13(12)16)21-10-5-3-4-9(15)8-10/h3-8,13,17H,2,15-16H2,1H3,(H,18,19). The van der Waals surface area contributed by atoms with Gasteiger partial charge in [0.1, 0.15) is 17.6 Å². The van der Waals surface area contributed by atoms with E-state index >= 15 is 0 Å². The molecule has 1 amide bonds. The Hall–Kier alpha value is -2.67. The molecule has 2 rings (SSSR count). The van der Waals surface area contributed by atoms with Crippen molar-refractivity contribution in [2.75, 3.05) is 12.3 Å². The highest BCUT2D eigenvalue weighted by atomic mass is 16.5. The van der Waals surface area contributed by atoms with Crippen molar-refractivity contribution in [3.05, 3.63) is 48.0 Å². The van der Waals surface area contributed by atoms with Crippen LogP contribution in [0.4, 0.5) is 10.5 Å². The zero-order valence-corrected chi connectivity index (χ0v) is 11.6. The Balaban J connectivity index is 2.22. The minimum absolute atomic E-state index is 0.267. The van der Waals surface area contributed by atoms with E-state index in [0.29, 0.717) is 22.9 Å². The van der Waals surface area contributed by atoms with E-state index in [0.717, 1.165) is 0 Å². The predicted octanol–water partition coefficient (Wildman–Crippen LogP) is 1.01. The summed E-state index contributed by atoms with van der Waals surface area (Å²) >= 11 is 0. The number of rotatable bonds is 4. The number of nitrogen functional groups attached to an aromatic ring is 1. The minimum atomic E-state index is -0.601. The van der Waals surface area contributed by atoms with Crippen molar-refractivity contribution in [2.24, 2.45) is 5.73 Å². The third-order valence-electron chi connectivity index (χ3n) is 2.69. The molecule has 0 saturated carbocycles. The summed E-state index contributed by atoms with van der Waals surface area (Å²) in [6, 6.07) is 6.96. The van der Waals surface area contributed by atoms with E-state index in [4.69, 9.17) is 20.9 Å². The van der Waals surface area contributed by atoms with Gasteiger partial charge in [0, 0.05) is 18.0 Å². The average Bonchev–Trinajstić information content (AvgIpc) is 2.43. The van der Waals surface area contributed by atoms with E-state index in [9.17, 15) is 4.79 Å². The lowest BCUT2D eigenvalue weighted by Crippen LogP contribution is -2.45. The van der Waals surface area contributed by atoms with E-state index in [1.165, 1.54) is 0 Å². The van der Waals surface area contributed by atoms with Crippen LogP contribution in [0.2, 0.25) is 0 Å². The van der Waals surface area contributed by atoms with Crippen molar-refractivity contribution in [3.8, 4) is 5.75 Å². The Morgan fingerprint density at radius 3 is 3.00 bits per heavy atom. The Kier molecular flexibility index (Phi) is 4.68. The van der Waals surface area contributed by atoms with Gasteiger partial charge in [0.05, 0.1) is 6.61 Å². The molecule has 0 aromatic heterocycles. The van der Waals surface area contributed by atoms with Crippen LogP contribution in [0.25, 0.3) is 0 Å². The fourth-order valence-electron chi connectivity index (χ4n) is 1.76. The van der Waals surface area contributed by atoms with Crippen LogP contribution >= 0.6 is 0 Å². The molecule has 1 aliphatic heterocycles. The number of allylic oxidation sites excluding steroid dienone is 1. The summed E-state index contributed by atoms with van der Waals surface area (Å²) in [7, 11) is 0. The molecule has 6 N–H and O–H groups in total. The number of amides is 1. The van der Waals surface area contributed by atoms with Crippen molar-refractivity contribution in [2.45, 2.75) is 13.1 Å². The number of nitrogens with two attached hydrogens (primary N) is 2. The Morgan fingerprint density at radius 2 is 2.29 bits per heavy atom. The highest BCUT2D eigenvalue weighted by Crippen LogP contribution is 2.20. The fourth-order valence-corrected chi connectivity index (χ4v) is 1.76. The quantitative estimate of drug-likeness (QED) is 0.616. The highest BCUT2D eigenvalue weighted by molar-refractivity contribution is 5.70. The maximum atomic E-state index is 11.6. The molecule has 7 heteroatoms. The zero-order valence-electron chi connectivity index (χ0n) is 11.6. The number of alkyl carbamates (subject to hydrolysis) is 1. The molecule has 112 valence electrons. The topological polar surface area (TPSA) is 112 Å². The fraction of sp³-hybridized carbons (Fsp3) is 0.214. The SMILES string of the molecule is CCOC(=O)NC1=C(Oc2cccc(N)c2)C=CNC1N. The second kappa shape index (κ2) is 6.67. The van der Waals surface area contributed by atoms with Crippen LogP contribution in [0.15, 0.2) is 48.0 Å². The number of nitrogens with one attached hydrogen (secondary N) is 2. The summed E-state index contributed by atoms with van der Waals surface area (Å²) in [6.45, 7) is 1.99. The van der Waals surface area contributed by atoms with Crippen LogP contribution < -0.4 is 26.8 Å². The normalized spacial score (nSPS) is 17.1. The number of benzene rings is 1. The van der Waals surface area contributed by atoms with Gasteiger partial charge in [-0.25, -0.2) is 4.79 Å². The smallest absolute Gasteiger partial charge is 0.411 e. The second-order valence-corrected chi connectivity index (χ2v) is 4.28. The number of hydrogen-bond acceptors (Lipinski definition) is 6. The summed E-state index contributed by atoms with van der Waals surface area (Å²) in [4.78, 5) is 11.6. The first-order valence-electron chi connectivity index (χ1n) is 6.49. The first-order valence-corrected chi connectivity index (χ1v) is 6.49. The molecule has 0 saturated heterocycles. The lowest BCUT2D eigenvalue weighted by atomic mass is 10.2. The van der Waals surface area contributed by atoms with Gasteiger partial charge in [-0.2, -0.15) is 0 Å². The maximum Gasteiger partial charge on any atom is 0.411 e. The van der Waals surface area contributed by atoms with Crippen molar-refractivity contribution in [1.82, 2.24) is 10.6 Å². The molecule has 1 unspecified atom stereocenters. The molecule has 0 spiro atoms. The van der Waals surface area contributed by atoms with Gasteiger partial charge in [-0.3, -0.25) is 5.32 Å². The molecule has 7 nitrogen and oxygen atoms in total. The first kappa shape index (κ1) is 14.7. The van der Waals surface area contributed by atoms with Gasteiger partial charge in [0.25, 0.3) is 0 Å². The summed E-state index contributed by atoms with van der Waals surface area (Å²) in [5, 5.41) is 5.45. The van der Waals surface area contributed by atoms with Crippen LogP contribution in [0.1, 0.15) is 6.92 Å². The molecule has 21 heavy (non-hydrogen) atoms. The molecular weight excluding hydrogens is 272 g/mol. The van der Waals surface area contributed by atoms with Gasteiger partial charge < -0.3 is 26.3 Å². The minimum Gasteiger partial charge on any atom is -0.455 e. The van der Waals surface area contributed by atoms with E-state index in [-0.39, 0.29) is 6.61 Å². The summed E-state index contributed by atoms with van der Waals surface area (Å²) in [6.07, 6.45) is 2.11. The zero-order chi connectivity index (χ0) is 15.2. The molecule has 1 aromatic rings. The molecule has 0 fully saturated rings. The van der Waals surface area contributed by atoms with E-state index in [1.807, 2.05) is 0 Å². The number of carbonyl (C=O) groups is 1. The average molecular weight is 290 g/mol. The molecule has 1 aromatic carbocycles. The lowest BCUT2D eigenvalue weighted by Gasteiger charge is -2.23. The van der Waals surface area contributed by atoms with Crippen LogP contribution in [0.3, 0.4) is 0 Å². The molecule has 0 aliphatic carbocycles. The Labute approximate surface area is 122 Å². The Bertz CT molecular complexity index is 583. The van der Waals surface area contributed by atoms with Crippen LogP contribution in [-0.4, -0.2) is 18.9 Å². The van der Waals surface area contributed by atoms with Gasteiger partial charge >= 0.3 is 6.09 Å². The van der Waals surface area contributed by atoms with Gasteiger partial charge in [0.15, 0.2) is 5.76 Å². The lowest BCUT2D eigenvalue weighted by molar-refractivity contribution is 0.153. The monoisotopic (exact) mass is 290 g/mol. The number of anilines is 1. The maximum absolute atomic E-state index is 11.6. The molecule has 0 bridgehead atoms. The van der Waals surface area contributed by atoms with Gasteiger partial charge in [-0.05, 0) is 25.1 Å². The molecular formula is C14H18N4O3. The van der Waals surface area contributed by atoms with Crippen LogP contribution in [0.5, 0.6) is 5.75 Å². The van der Waals surface area contributed by atoms with Crippen molar-refractivity contribution < 1.29 is 14.3 Å². The van der Waals surface area contributed by atoms with E-state index in [2.05, 4.69) is 10.6 Å². The number of ether oxygens (including phenoxy) is 2. The number of carbonyl (C=O) groups excluding carboxylic acids is 1. The number of hydrogen-bond donors (Lipinski definition) is 4. The van der Waals surface area contributed by atoms with E-state index in [1.54, 1.807) is 43.5 Å². The van der Waals surface area contributed by atoms with Crippen LogP contribution in [-0.2, 0) is 4.74 Å². The number of dihydropyridines is 1. The molecule has 0 radical (unpaired) electrons. The summed E-state index contributed by atoms with van der Waals surface area (Å²) in [5.41, 5.74) is 12.6. The van der Waals surface area contributed by atoms with E-state index < -0.39 is 12.3 Å². The largest absolute Gasteiger partial charge is 0.455 e. The molecule has 1 aliphatic rings. The third-order valence-corrected chi connectivity index (χ3v) is 2.69. The van der Waals surface area contributed by atoms with Gasteiger partial charge in [-0.15, -0.1) is 0 Å². The summed E-state index contributed by atoms with van der Waals surface area (Å²) in [5.74, 6) is 0.965. The predicted molar refractivity (Wildman–Crippen MR) is 78.9 cm³/mol.